The Morgan fingerprint density at radius 2 is 2.00 bits per heavy atom. The van der Waals surface area contributed by atoms with E-state index in [2.05, 4.69) is 52.2 Å². The maximum absolute atomic E-state index is 4.04. The third-order valence-electron chi connectivity index (χ3n) is 2.84. The number of hydrogen-bond acceptors (Lipinski definition) is 0. The van der Waals surface area contributed by atoms with Gasteiger partial charge >= 0.3 is 0 Å². The van der Waals surface area contributed by atoms with Gasteiger partial charge in [0, 0.05) is 5.41 Å². The summed E-state index contributed by atoms with van der Waals surface area (Å²) in [6.45, 7) is 14.4. The van der Waals surface area contributed by atoms with Crippen LogP contribution in [0.15, 0.2) is 48.1 Å². The molecule has 0 fully saturated rings. The second kappa shape index (κ2) is 3.37. The summed E-state index contributed by atoms with van der Waals surface area (Å²) in [4.78, 5) is 0. The molecule has 0 aliphatic heterocycles. The van der Waals surface area contributed by atoms with Crippen LogP contribution in [0.2, 0.25) is 0 Å². The van der Waals surface area contributed by atoms with Gasteiger partial charge in [-0.25, -0.2) is 0 Å². The van der Waals surface area contributed by atoms with E-state index in [-0.39, 0.29) is 5.41 Å². The Labute approximate surface area is 81.4 Å². The highest BCUT2D eigenvalue weighted by Gasteiger charge is 2.25. The molecule has 0 aromatic rings. The van der Waals surface area contributed by atoms with Crippen molar-refractivity contribution < 1.29 is 0 Å². The Morgan fingerprint density at radius 3 is 2.46 bits per heavy atom. The van der Waals surface area contributed by atoms with Crippen LogP contribution < -0.4 is 0 Å². The Bertz CT molecular complexity index is 302. The van der Waals surface area contributed by atoms with Crippen molar-refractivity contribution >= 4 is 0 Å². The summed E-state index contributed by atoms with van der Waals surface area (Å²) in [6.07, 6.45) is 7.52. The van der Waals surface area contributed by atoms with Crippen LogP contribution in [0.5, 0.6) is 0 Å². The maximum Gasteiger partial charge on any atom is 0.0100 e. The highest BCUT2D eigenvalue weighted by molar-refractivity contribution is 5.38. The summed E-state index contributed by atoms with van der Waals surface area (Å²) in [6, 6.07) is 0. The largest absolute Gasteiger partial charge is 0.0993 e. The van der Waals surface area contributed by atoms with E-state index in [9.17, 15) is 0 Å². The van der Waals surface area contributed by atoms with Crippen molar-refractivity contribution in [3.8, 4) is 0 Å². The van der Waals surface area contributed by atoms with E-state index in [1.807, 2.05) is 0 Å². The second-order valence-electron chi connectivity index (χ2n) is 4.21. The van der Waals surface area contributed by atoms with Crippen LogP contribution in [0.1, 0.15) is 27.2 Å². The third-order valence-corrected chi connectivity index (χ3v) is 2.84. The second-order valence-corrected chi connectivity index (χ2v) is 4.21. The first-order chi connectivity index (χ1) is 5.96. The summed E-state index contributed by atoms with van der Waals surface area (Å²) < 4.78 is 0. The molecule has 0 radical (unpaired) electrons. The van der Waals surface area contributed by atoms with Crippen molar-refractivity contribution in [1.82, 2.24) is 0 Å². The monoisotopic (exact) mass is 174 g/mol. The molecular weight excluding hydrogens is 156 g/mol. The Morgan fingerprint density at radius 1 is 1.38 bits per heavy atom. The van der Waals surface area contributed by atoms with Crippen LogP contribution in [-0.4, -0.2) is 0 Å². The van der Waals surface area contributed by atoms with Gasteiger partial charge in [0.25, 0.3) is 0 Å². The van der Waals surface area contributed by atoms with Gasteiger partial charge in [0.2, 0.25) is 0 Å². The summed E-state index contributed by atoms with van der Waals surface area (Å²) in [7, 11) is 0. The van der Waals surface area contributed by atoms with Gasteiger partial charge < -0.3 is 0 Å². The third kappa shape index (κ3) is 2.00. The van der Waals surface area contributed by atoms with Gasteiger partial charge in [-0.1, -0.05) is 49.5 Å². The van der Waals surface area contributed by atoms with Crippen molar-refractivity contribution in [3.63, 3.8) is 0 Å². The predicted octanol–water partition coefficient (Wildman–Crippen LogP) is 4.03. The van der Waals surface area contributed by atoms with Crippen molar-refractivity contribution in [2.24, 2.45) is 5.41 Å². The summed E-state index contributed by atoms with van der Waals surface area (Å²) in [5, 5.41) is 0. The number of allylic oxidation sites excluding steroid dienone is 6. The first kappa shape index (κ1) is 10.0. The molecule has 0 spiro atoms. The van der Waals surface area contributed by atoms with Crippen LogP contribution in [-0.2, 0) is 0 Å². The van der Waals surface area contributed by atoms with Crippen LogP contribution in [0.25, 0.3) is 0 Å². The molecule has 1 aliphatic rings. The zero-order chi connectivity index (χ0) is 10.1. The molecule has 0 aromatic heterocycles. The molecule has 0 amide bonds. The SMILES string of the molecule is C=C(C)C1=CC=CC(C)(C(=C)C)C1. The van der Waals surface area contributed by atoms with Gasteiger partial charge in [-0.05, 0) is 25.8 Å². The molecule has 0 nitrogen and oxygen atoms in total. The molecule has 0 aromatic carbocycles. The molecule has 1 rings (SSSR count). The van der Waals surface area contributed by atoms with Gasteiger partial charge in [-0.2, -0.15) is 0 Å². The molecule has 0 N–H and O–H groups in total. The minimum Gasteiger partial charge on any atom is -0.0993 e. The highest BCUT2D eigenvalue weighted by atomic mass is 14.3. The normalized spacial score (nSPS) is 26.8. The predicted molar refractivity (Wildman–Crippen MR) is 59.6 cm³/mol. The quantitative estimate of drug-likeness (QED) is 0.554. The summed E-state index contributed by atoms with van der Waals surface area (Å²) in [5.74, 6) is 0. The Kier molecular flexibility index (Phi) is 2.60. The fourth-order valence-corrected chi connectivity index (χ4v) is 1.48. The fourth-order valence-electron chi connectivity index (χ4n) is 1.48. The molecule has 1 unspecified atom stereocenters. The molecule has 13 heavy (non-hydrogen) atoms. The first-order valence-corrected chi connectivity index (χ1v) is 4.66. The molecule has 0 bridgehead atoms. The van der Waals surface area contributed by atoms with Crippen LogP contribution >= 0.6 is 0 Å². The topological polar surface area (TPSA) is 0 Å². The lowest BCUT2D eigenvalue weighted by Crippen LogP contribution is -2.17. The Balaban J connectivity index is 2.92. The lowest BCUT2D eigenvalue weighted by molar-refractivity contribution is 0.507. The molecule has 0 saturated carbocycles. The molecule has 0 heteroatoms. The lowest BCUT2D eigenvalue weighted by Gasteiger charge is -2.30. The van der Waals surface area contributed by atoms with Gasteiger partial charge in [-0.3, -0.25) is 0 Å². The smallest absolute Gasteiger partial charge is 0.0100 e. The lowest BCUT2D eigenvalue weighted by atomic mass is 9.74. The fraction of sp³-hybridized carbons (Fsp3) is 0.385. The molecule has 1 aliphatic carbocycles. The molecule has 70 valence electrons. The summed E-state index contributed by atoms with van der Waals surface area (Å²) in [5.41, 5.74) is 3.85. The van der Waals surface area contributed by atoms with Gasteiger partial charge in [-0.15, -0.1) is 0 Å². The minimum atomic E-state index is 0.128. The van der Waals surface area contributed by atoms with E-state index in [0.29, 0.717) is 0 Å². The van der Waals surface area contributed by atoms with Gasteiger partial charge in [0.05, 0.1) is 0 Å². The van der Waals surface area contributed by atoms with Crippen LogP contribution in [0.4, 0.5) is 0 Å². The van der Waals surface area contributed by atoms with Crippen molar-refractivity contribution in [2.75, 3.05) is 0 Å². The zero-order valence-corrected chi connectivity index (χ0v) is 8.85. The van der Waals surface area contributed by atoms with Gasteiger partial charge in [0.15, 0.2) is 0 Å². The highest BCUT2D eigenvalue weighted by Crippen LogP contribution is 2.38. The van der Waals surface area contributed by atoms with E-state index in [1.54, 1.807) is 0 Å². The van der Waals surface area contributed by atoms with E-state index in [4.69, 9.17) is 0 Å². The van der Waals surface area contributed by atoms with E-state index in [0.717, 1.165) is 12.0 Å². The van der Waals surface area contributed by atoms with Crippen LogP contribution in [0, 0.1) is 5.41 Å². The van der Waals surface area contributed by atoms with E-state index in [1.165, 1.54) is 11.1 Å². The summed E-state index contributed by atoms with van der Waals surface area (Å²) >= 11 is 0. The average molecular weight is 174 g/mol. The van der Waals surface area contributed by atoms with Crippen molar-refractivity contribution in [2.45, 2.75) is 27.2 Å². The Hall–Kier alpha value is -1.04. The van der Waals surface area contributed by atoms with Gasteiger partial charge in [0.1, 0.15) is 0 Å². The standard InChI is InChI=1S/C13H18/c1-10(2)12-7-6-8-13(5,9-12)11(3)4/h6-8H,1,3,9H2,2,4-5H3. The maximum atomic E-state index is 4.04. The molecule has 0 saturated heterocycles. The number of hydrogen-bond donors (Lipinski definition) is 0. The number of rotatable bonds is 2. The molecule has 1 atom stereocenters. The molecule has 0 heterocycles. The minimum absolute atomic E-state index is 0.128. The molecular formula is C13H18. The van der Waals surface area contributed by atoms with Crippen molar-refractivity contribution in [3.05, 3.63) is 48.1 Å². The van der Waals surface area contributed by atoms with Crippen LogP contribution in [0.3, 0.4) is 0 Å². The average Bonchev–Trinajstić information content (AvgIpc) is 2.04. The van der Waals surface area contributed by atoms with Crippen molar-refractivity contribution in [1.29, 1.82) is 0 Å². The van der Waals surface area contributed by atoms with E-state index < -0.39 is 0 Å². The van der Waals surface area contributed by atoms with E-state index >= 15 is 0 Å². The zero-order valence-electron chi connectivity index (χ0n) is 8.85. The first-order valence-electron chi connectivity index (χ1n) is 4.66.